The molecule has 0 aliphatic rings. The number of aliphatic carboxylic acids is 1. The summed E-state index contributed by atoms with van der Waals surface area (Å²) in [7, 11) is 0. The molecular formula is C8H19NO2. The zero-order valence-electron chi connectivity index (χ0n) is 7.68. The van der Waals surface area contributed by atoms with E-state index in [1.54, 1.807) is 6.92 Å². The lowest BCUT2D eigenvalue weighted by Crippen LogP contribution is -2.26. The van der Waals surface area contributed by atoms with Gasteiger partial charge in [0.25, 0.3) is 0 Å². The SMILES string of the molecule is CCCC(C)(CC)C(=O)O.N. The molecule has 1 atom stereocenters. The van der Waals surface area contributed by atoms with Crippen molar-refractivity contribution in [2.45, 2.75) is 40.0 Å². The fraction of sp³-hybridized carbons (Fsp3) is 0.875. The van der Waals surface area contributed by atoms with Gasteiger partial charge in [-0.05, 0) is 19.8 Å². The van der Waals surface area contributed by atoms with E-state index in [2.05, 4.69) is 0 Å². The van der Waals surface area contributed by atoms with Gasteiger partial charge in [0.05, 0.1) is 5.41 Å². The minimum absolute atomic E-state index is 0. The van der Waals surface area contributed by atoms with E-state index in [0.29, 0.717) is 0 Å². The fourth-order valence-corrected chi connectivity index (χ4v) is 0.987. The Morgan fingerprint density at radius 2 is 1.91 bits per heavy atom. The third-order valence-corrected chi connectivity index (χ3v) is 2.10. The van der Waals surface area contributed by atoms with Gasteiger partial charge in [-0.2, -0.15) is 0 Å². The number of rotatable bonds is 4. The van der Waals surface area contributed by atoms with Gasteiger partial charge in [0, 0.05) is 0 Å². The summed E-state index contributed by atoms with van der Waals surface area (Å²) in [4.78, 5) is 10.6. The highest BCUT2D eigenvalue weighted by atomic mass is 16.4. The predicted molar refractivity (Wildman–Crippen MR) is 46.0 cm³/mol. The largest absolute Gasteiger partial charge is 0.481 e. The highest BCUT2D eigenvalue weighted by Crippen LogP contribution is 2.26. The summed E-state index contributed by atoms with van der Waals surface area (Å²) in [6.07, 6.45) is 2.44. The van der Waals surface area contributed by atoms with Gasteiger partial charge in [-0.1, -0.05) is 20.3 Å². The van der Waals surface area contributed by atoms with Crippen LogP contribution in [-0.2, 0) is 4.79 Å². The van der Waals surface area contributed by atoms with Crippen molar-refractivity contribution in [2.75, 3.05) is 0 Å². The van der Waals surface area contributed by atoms with Crippen molar-refractivity contribution in [1.82, 2.24) is 6.15 Å². The van der Waals surface area contributed by atoms with Gasteiger partial charge in [-0.3, -0.25) is 4.79 Å². The molecule has 3 heteroatoms. The van der Waals surface area contributed by atoms with E-state index in [0.717, 1.165) is 19.3 Å². The Kier molecular flexibility index (Phi) is 6.09. The number of hydrogen-bond acceptors (Lipinski definition) is 2. The van der Waals surface area contributed by atoms with Crippen LogP contribution in [0.4, 0.5) is 0 Å². The molecule has 11 heavy (non-hydrogen) atoms. The van der Waals surface area contributed by atoms with E-state index in [9.17, 15) is 4.79 Å². The molecule has 0 radical (unpaired) electrons. The Hall–Kier alpha value is -0.570. The zero-order valence-corrected chi connectivity index (χ0v) is 7.68. The topological polar surface area (TPSA) is 72.3 Å². The molecule has 0 aliphatic heterocycles. The van der Waals surface area contributed by atoms with Crippen LogP contribution in [0, 0.1) is 5.41 Å². The fourth-order valence-electron chi connectivity index (χ4n) is 0.987. The number of carbonyl (C=O) groups is 1. The van der Waals surface area contributed by atoms with Gasteiger partial charge in [0.15, 0.2) is 0 Å². The quantitative estimate of drug-likeness (QED) is 0.665. The highest BCUT2D eigenvalue weighted by molar-refractivity contribution is 5.73. The molecular weight excluding hydrogens is 142 g/mol. The van der Waals surface area contributed by atoms with Crippen molar-refractivity contribution in [3.63, 3.8) is 0 Å². The van der Waals surface area contributed by atoms with Gasteiger partial charge in [0.2, 0.25) is 0 Å². The summed E-state index contributed by atoms with van der Waals surface area (Å²) < 4.78 is 0. The van der Waals surface area contributed by atoms with Crippen molar-refractivity contribution in [1.29, 1.82) is 0 Å². The van der Waals surface area contributed by atoms with Crippen molar-refractivity contribution in [3.05, 3.63) is 0 Å². The van der Waals surface area contributed by atoms with Crippen LogP contribution in [0.3, 0.4) is 0 Å². The molecule has 0 amide bonds. The van der Waals surface area contributed by atoms with Crippen molar-refractivity contribution >= 4 is 5.97 Å². The lowest BCUT2D eigenvalue weighted by molar-refractivity contribution is -0.148. The molecule has 0 rings (SSSR count). The molecule has 0 aromatic rings. The Balaban J connectivity index is 0. The molecule has 0 aromatic heterocycles. The van der Waals surface area contributed by atoms with E-state index in [1.165, 1.54) is 0 Å². The van der Waals surface area contributed by atoms with E-state index in [-0.39, 0.29) is 6.15 Å². The Morgan fingerprint density at radius 3 is 2.00 bits per heavy atom. The first-order valence-electron chi connectivity index (χ1n) is 3.80. The minimum Gasteiger partial charge on any atom is -0.481 e. The molecule has 0 spiro atoms. The van der Waals surface area contributed by atoms with Crippen LogP contribution < -0.4 is 6.15 Å². The molecule has 0 aliphatic carbocycles. The third kappa shape index (κ3) is 3.37. The van der Waals surface area contributed by atoms with Crippen LogP contribution in [0.25, 0.3) is 0 Å². The first-order chi connectivity index (χ1) is 4.56. The van der Waals surface area contributed by atoms with Crippen molar-refractivity contribution < 1.29 is 9.90 Å². The van der Waals surface area contributed by atoms with Crippen LogP contribution in [0.5, 0.6) is 0 Å². The summed E-state index contributed by atoms with van der Waals surface area (Å²) in [5.74, 6) is -0.670. The average molecular weight is 161 g/mol. The number of carboxylic acid groups (broad SMARTS) is 1. The molecule has 0 saturated heterocycles. The smallest absolute Gasteiger partial charge is 0.309 e. The molecule has 68 valence electrons. The van der Waals surface area contributed by atoms with Crippen LogP contribution in [0.1, 0.15) is 40.0 Å². The van der Waals surface area contributed by atoms with E-state index in [4.69, 9.17) is 5.11 Å². The molecule has 0 heterocycles. The number of carboxylic acids is 1. The van der Waals surface area contributed by atoms with E-state index >= 15 is 0 Å². The molecule has 4 N–H and O–H groups in total. The van der Waals surface area contributed by atoms with Crippen molar-refractivity contribution in [2.24, 2.45) is 5.41 Å². The number of hydrogen-bond donors (Lipinski definition) is 2. The van der Waals surface area contributed by atoms with Gasteiger partial charge >= 0.3 is 5.97 Å². The zero-order chi connectivity index (χ0) is 8.20. The lowest BCUT2D eigenvalue weighted by atomic mass is 9.83. The van der Waals surface area contributed by atoms with Gasteiger partial charge < -0.3 is 11.3 Å². The molecule has 0 saturated carbocycles. The summed E-state index contributed by atoms with van der Waals surface area (Å²) in [6.45, 7) is 5.74. The molecule has 0 bridgehead atoms. The van der Waals surface area contributed by atoms with Gasteiger partial charge in [-0.25, -0.2) is 0 Å². The Bertz CT molecular complexity index is 125. The second-order valence-electron chi connectivity index (χ2n) is 2.97. The van der Waals surface area contributed by atoms with Crippen molar-refractivity contribution in [3.8, 4) is 0 Å². The molecule has 0 aromatic carbocycles. The lowest BCUT2D eigenvalue weighted by Gasteiger charge is -2.21. The maximum Gasteiger partial charge on any atom is 0.309 e. The Morgan fingerprint density at radius 1 is 1.45 bits per heavy atom. The first kappa shape index (κ1) is 13.1. The maximum atomic E-state index is 10.6. The van der Waals surface area contributed by atoms with E-state index < -0.39 is 11.4 Å². The van der Waals surface area contributed by atoms with Crippen LogP contribution >= 0.6 is 0 Å². The molecule has 1 unspecified atom stereocenters. The van der Waals surface area contributed by atoms with E-state index in [1.807, 2.05) is 13.8 Å². The van der Waals surface area contributed by atoms with Crippen LogP contribution in [0.15, 0.2) is 0 Å². The van der Waals surface area contributed by atoms with Crippen LogP contribution in [0.2, 0.25) is 0 Å². The minimum atomic E-state index is -0.670. The van der Waals surface area contributed by atoms with Gasteiger partial charge in [0.1, 0.15) is 0 Å². The monoisotopic (exact) mass is 161 g/mol. The summed E-state index contributed by atoms with van der Waals surface area (Å²) in [6, 6.07) is 0. The Labute approximate surface area is 68.4 Å². The highest BCUT2D eigenvalue weighted by Gasteiger charge is 2.29. The second kappa shape index (κ2) is 5.13. The summed E-state index contributed by atoms with van der Waals surface area (Å²) in [5, 5.41) is 8.76. The molecule has 3 nitrogen and oxygen atoms in total. The third-order valence-electron chi connectivity index (χ3n) is 2.10. The molecule has 0 fully saturated rings. The second-order valence-corrected chi connectivity index (χ2v) is 2.97. The summed E-state index contributed by atoms with van der Waals surface area (Å²) in [5.41, 5.74) is -0.491. The average Bonchev–Trinajstić information content (AvgIpc) is 1.88. The first-order valence-corrected chi connectivity index (χ1v) is 3.80. The predicted octanol–water partition coefficient (Wildman–Crippen LogP) is 2.45. The standard InChI is InChI=1S/C8H16O2.H3N/c1-4-6-8(3,5-2)7(9)10;/h4-6H2,1-3H3,(H,9,10);1H3. The van der Waals surface area contributed by atoms with Gasteiger partial charge in [-0.15, -0.1) is 0 Å². The maximum absolute atomic E-state index is 10.6. The van der Waals surface area contributed by atoms with Crippen LogP contribution in [-0.4, -0.2) is 11.1 Å². The normalized spacial score (nSPS) is 14.8. The summed E-state index contributed by atoms with van der Waals surface area (Å²) >= 11 is 0.